The van der Waals surface area contributed by atoms with Gasteiger partial charge in [-0.2, -0.15) is 0 Å². The van der Waals surface area contributed by atoms with Gasteiger partial charge < -0.3 is 9.47 Å². The summed E-state index contributed by atoms with van der Waals surface area (Å²) in [6.07, 6.45) is 3.89. The van der Waals surface area contributed by atoms with Crippen molar-refractivity contribution < 1.29 is 14.3 Å². The maximum absolute atomic E-state index is 10.1. The molecule has 1 rings (SSSR count). The summed E-state index contributed by atoms with van der Waals surface area (Å²) >= 11 is 0. The molecule has 14 heavy (non-hydrogen) atoms. The molecule has 0 N–H and O–H groups in total. The molecule has 0 fully saturated rings. The van der Waals surface area contributed by atoms with E-state index in [0.717, 1.165) is 17.6 Å². The molecular formula is C11H12O3. The van der Waals surface area contributed by atoms with Crippen LogP contribution >= 0.6 is 0 Å². The molecule has 0 aromatic heterocycles. The Morgan fingerprint density at radius 1 is 1.43 bits per heavy atom. The molecule has 0 atom stereocenters. The summed E-state index contributed by atoms with van der Waals surface area (Å²) in [5.41, 5.74) is 0.922. The van der Waals surface area contributed by atoms with E-state index >= 15 is 0 Å². The zero-order valence-electron chi connectivity index (χ0n) is 7.97. The SMILES string of the molecule is COCOc1cccc(/C=C/C=O)c1. The second-order valence-corrected chi connectivity index (χ2v) is 2.62. The maximum atomic E-state index is 10.1. The third-order valence-electron chi connectivity index (χ3n) is 1.57. The molecule has 1 aromatic carbocycles. The van der Waals surface area contributed by atoms with Crippen LogP contribution in [0.1, 0.15) is 5.56 Å². The second-order valence-electron chi connectivity index (χ2n) is 2.62. The smallest absolute Gasteiger partial charge is 0.188 e. The molecule has 0 radical (unpaired) electrons. The van der Waals surface area contributed by atoms with Gasteiger partial charge in [0.1, 0.15) is 12.0 Å². The molecule has 0 unspecified atom stereocenters. The molecule has 0 aliphatic rings. The first kappa shape index (κ1) is 10.5. The Labute approximate surface area is 83.0 Å². The van der Waals surface area contributed by atoms with Crippen LogP contribution in [0.2, 0.25) is 0 Å². The number of allylic oxidation sites excluding steroid dienone is 1. The van der Waals surface area contributed by atoms with Crippen LogP contribution in [-0.4, -0.2) is 20.2 Å². The van der Waals surface area contributed by atoms with Crippen molar-refractivity contribution in [3.05, 3.63) is 35.9 Å². The number of benzene rings is 1. The van der Waals surface area contributed by atoms with E-state index in [1.165, 1.54) is 6.08 Å². The molecule has 3 nitrogen and oxygen atoms in total. The highest BCUT2D eigenvalue weighted by molar-refractivity contribution is 5.74. The number of carbonyl (C=O) groups is 1. The van der Waals surface area contributed by atoms with Crippen LogP contribution in [0.5, 0.6) is 5.75 Å². The van der Waals surface area contributed by atoms with Gasteiger partial charge in [-0.25, -0.2) is 0 Å². The summed E-state index contributed by atoms with van der Waals surface area (Å²) in [7, 11) is 1.57. The number of ether oxygens (including phenoxy) is 2. The van der Waals surface area contributed by atoms with E-state index in [1.807, 2.05) is 24.3 Å². The van der Waals surface area contributed by atoms with Crippen molar-refractivity contribution in [3.8, 4) is 5.75 Å². The average Bonchev–Trinajstić information content (AvgIpc) is 2.24. The zero-order valence-corrected chi connectivity index (χ0v) is 7.97. The van der Waals surface area contributed by atoms with Crippen molar-refractivity contribution >= 4 is 12.4 Å². The second kappa shape index (κ2) is 5.94. The normalized spacial score (nSPS) is 10.4. The number of carbonyl (C=O) groups excluding carboxylic acids is 1. The van der Waals surface area contributed by atoms with Gasteiger partial charge >= 0.3 is 0 Å². The van der Waals surface area contributed by atoms with Crippen LogP contribution in [0, 0.1) is 0 Å². The summed E-state index contributed by atoms with van der Waals surface area (Å²) in [6, 6.07) is 7.41. The predicted octanol–water partition coefficient (Wildman–Crippen LogP) is 1.88. The molecule has 0 saturated heterocycles. The number of hydrogen-bond donors (Lipinski definition) is 0. The largest absolute Gasteiger partial charge is 0.468 e. The molecule has 0 spiro atoms. The van der Waals surface area contributed by atoms with E-state index in [0.29, 0.717) is 0 Å². The highest BCUT2D eigenvalue weighted by Crippen LogP contribution is 2.14. The Bertz CT molecular complexity index is 318. The summed E-state index contributed by atoms with van der Waals surface area (Å²) in [5, 5.41) is 0. The van der Waals surface area contributed by atoms with Crippen molar-refractivity contribution in [2.45, 2.75) is 0 Å². The minimum absolute atomic E-state index is 0.223. The van der Waals surface area contributed by atoms with E-state index in [-0.39, 0.29) is 6.79 Å². The van der Waals surface area contributed by atoms with Crippen LogP contribution in [0.4, 0.5) is 0 Å². The van der Waals surface area contributed by atoms with E-state index in [2.05, 4.69) is 0 Å². The molecule has 0 saturated carbocycles. The lowest BCUT2D eigenvalue weighted by molar-refractivity contribution is -0.104. The fourth-order valence-electron chi connectivity index (χ4n) is 0.985. The standard InChI is InChI=1S/C11H12O3/c1-13-9-14-11-6-2-4-10(8-11)5-3-7-12/h2-8H,9H2,1H3/b5-3+. The highest BCUT2D eigenvalue weighted by atomic mass is 16.7. The molecule has 1 aromatic rings. The Morgan fingerprint density at radius 2 is 2.29 bits per heavy atom. The molecule has 0 heterocycles. The van der Waals surface area contributed by atoms with Crippen LogP contribution in [0.3, 0.4) is 0 Å². The average molecular weight is 192 g/mol. The van der Waals surface area contributed by atoms with Gasteiger partial charge in [-0.3, -0.25) is 4.79 Å². The third-order valence-corrected chi connectivity index (χ3v) is 1.57. The van der Waals surface area contributed by atoms with Gasteiger partial charge in [-0.1, -0.05) is 18.2 Å². The fraction of sp³-hybridized carbons (Fsp3) is 0.182. The number of methoxy groups -OCH3 is 1. The molecule has 0 amide bonds. The lowest BCUT2D eigenvalue weighted by Crippen LogP contribution is -1.98. The van der Waals surface area contributed by atoms with Gasteiger partial charge in [0.05, 0.1) is 0 Å². The Balaban J connectivity index is 2.68. The minimum atomic E-state index is 0.223. The monoisotopic (exact) mass is 192 g/mol. The van der Waals surface area contributed by atoms with Crippen molar-refractivity contribution in [2.75, 3.05) is 13.9 Å². The Morgan fingerprint density at radius 3 is 3.00 bits per heavy atom. The van der Waals surface area contributed by atoms with Gasteiger partial charge in [0.15, 0.2) is 6.79 Å². The lowest BCUT2D eigenvalue weighted by atomic mass is 10.2. The topological polar surface area (TPSA) is 35.5 Å². The van der Waals surface area contributed by atoms with E-state index in [9.17, 15) is 4.79 Å². The Kier molecular flexibility index (Phi) is 4.44. The summed E-state index contributed by atoms with van der Waals surface area (Å²) < 4.78 is 10.0. The highest BCUT2D eigenvalue weighted by Gasteiger charge is 1.93. The first-order chi connectivity index (χ1) is 6.86. The van der Waals surface area contributed by atoms with E-state index in [1.54, 1.807) is 13.2 Å². The first-order valence-electron chi connectivity index (χ1n) is 4.20. The molecule has 0 bridgehead atoms. The van der Waals surface area contributed by atoms with Gasteiger partial charge in [0.2, 0.25) is 0 Å². The molecule has 3 heteroatoms. The summed E-state index contributed by atoms with van der Waals surface area (Å²) in [5.74, 6) is 0.722. The molecule has 74 valence electrons. The number of aldehydes is 1. The number of hydrogen-bond acceptors (Lipinski definition) is 3. The van der Waals surface area contributed by atoms with Crippen molar-refractivity contribution in [3.63, 3.8) is 0 Å². The van der Waals surface area contributed by atoms with Crippen LogP contribution in [-0.2, 0) is 9.53 Å². The maximum Gasteiger partial charge on any atom is 0.188 e. The van der Waals surface area contributed by atoms with Crippen molar-refractivity contribution in [1.82, 2.24) is 0 Å². The first-order valence-corrected chi connectivity index (χ1v) is 4.20. The van der Waals surface area contributed by atoms with E-state index in [4.69, 9.17) is 9.47 Å². The van der Waals surface area contributed by atoms with Gasteiger partial charge in [-0.05, 0) is 23.8 Å². The molecular weight excluding hydrogens is 180 g/mol. The number of rotatable bonds is 5. The molecule has 0 aliphatic carbocycles. The minimum Gasteiger partial charge on any atom is -0.468 e. The lowest BCUT2D eigenvalue weighted by Gasteiger charge is -2.04. The van der Waals surface area contributed by atoms with E-state index < -0.39 is 0 Å². The zero-order chi connectivity index (χ0) is 10.2. The van der Waals surface area contributed by atoms with Crippen LogP contribution < -0.4 is 4.74 Å². The molecule has 0 aliphatic heterocycles. The quantitative estimate of drug-likeness (QED) is 0.406. The van der Waals surface area contributed by atoms with Crippen molar-refractivity contribution in [2.24, 2.45) is 0 Å². The van der Waals surface area contributed by atoms with Gasteiger partial charge in [-0.15, -0.1) is 0 Å². The van der Waals surface area contributed by atoms with Crippen molar-refractivity contribution in [1.29, 1.82) is 0 Å². The summed E-state index contributed by atoms with van der Waals surface area (Å²) in [6.45, 7) is 0.223. The van der Waals surface area contributed by atoms with Gasteiger partial charge in [0, 0.05) is 7.11 Å². The van der Waals surface area contributed by atoms with Crippen LogP contribution in [0.25, 0.3) is 6.08 Å². The van der Waals surface area contributed by atoms with Gasteiger partial charge in [0.25, 0.3) is 0 Å². The third kappa shape index (κ3) is 3.41. The summed E-state index contributed by atoms with van der Waals surface area (Å²) in [4.78, 5) is 10.1. The predicted molar refractivity (Wildman–Crippen MR) is 54.0 cm³/mol. The van der Waals surface area contributed by atoms with Crippen LogP contribution in [0.15, 0.2) is 30.3 Å². The fourth-order valence-corrected chi connectivity index (χ4v) is 0.985. The Hall–Kier alpha value is -1.61.